The number of nitrogens with zero attached hydrogens (tertiary/aromatic N) is 2. The van der Waals surface area contributed by atoms with Crippen molar-refractivity contribution in [3.63, 3.8) is 0 Å². The average molecular weight is 502 g/mol. The third kappa shape index (κ3) is 3.71. The predicted molar refractivity (Wildman–Crippen MR) is 132 cm³/mol. The molecule has 2 fully saturated rings. The second-order valence-corrected chi connectivity index (χ2v) is 10.8. The lowest BCUT2D eigenvalue weighted by Gasteiger charge is -2.38. The molecule has 4 bridgehead atoms. The van der Waals surface area contributed by atoms with Gasteiger partial charge in [0.25, 0.3) is 5.91 Å². The molecule has 0 spiro atoms. The van der Waals surface area contributed by atoms with Crippen LogP contribution in [0.4, 0.5) is 5.69 Å². The normalized spacial score (nSPS) is 24.9. The minimum Gasteiger partial charge on any atom is -0.297 e. The highest BCUT2D eigenvalue weighted by atomic mass is 35.5. The summed E-state index contributed by atoms with van der Waals surface area (Å²) < 4.78 is 1.94. The van der Waals surface area contributed by atoms with Gasteiger partial charge in [0, 0.05) is 16.5 Å². The Balaban J connectivity index is 1.42. The van der Waals surface area contributed by atoms with Crippen LogP contribution in [-0.2, 0) is 0 Å². The molecule has 2 aromatic carbocycles. The summed E-state index contributed by atoms with van der Waals surface area (Å²) in [6.07, 6.45) is 5.90. The monoisotopic (exact) mass is 500 g/mol. The molecule has 2 atom stereocenters. The summed E-state index contributed by atoms with van der Waals surface area (Å²) in [6.45, 7) is 0. The number of aromatic nitrogens is 2. The van der Waals surface area contributed by atoms with E-state index in [4.69, 9.17) is 39.9 Å². The summed E-state index contributed by atoms with van der Waals surface area (Å²) in [7, 11) is 0. The minimum atomic E-state index is -0.274. The Morgan fingerprint density at radius 2 is 1.64 bits per heavy atom. The summed E-state index contributed by atoms with van der Waals surface area (Å²) >= 11 is 18.8. The molecule has 0 saturated heterocycles. The number of nitrogens with one attached hydrogen (secondary N) is 2. The van der Waals surface area contributed by atoms with Crippen molar-refractivity contribution in [1.82, 2.24) is 15.2 Å². The molecule has 2 unspecified atom stereocenters. The molecule has 33 heavy (non-hydrogen) atoms. The van der Waals surface area contributed by atoms with Gasteiger partial charge in [-0.15, -0.1) is 0 Å². The van der Waals surface area contributed by atoms with E-state index in [1.54, 1.807) is 18.2 Å². The molecule has 1 aromatic heterocycles. The number of halogens is 3. The third-order valence-corrected chi connectivity index (χ3v) is 8.30. The van der Waals surface area contributed by atoms with Crippen molar-refractivity contribution >= 4 is 46.4 Å². The van der Waals surface area contributed by atoms with E-state index in [1.807, 2.05) is 28.9 Å². The van der Waals surface area contributed by atoms with E-state index in [-0.39, 0.29) is 5.91 Å². The maximum atomic E-state index is 13.4. The second kappa shape index (κ2) is 8.23. The highest BCUT2D eigenvalue weighted by Gasteiger charge is 2.46. The second-order valence-electron chi connectivity index (χ2n) is 9.52. The van der Waals surface area contributed by atoms with Crippen LogP contribution in [0.15, 0.2) is 42.5 Å². The van der Waals surface area contributed by atoms with Crippen LogP contribution in [0.25, 0.3) is 5.69 Å². The number of rotatable bonds is 4. The number of carbonyl (C=O) groups excluding carboxylic acids is 1. The van der Waals surface area contributed by atoms with Gasteiger partial charge in [0.15, 0.2) is 5.69 Å². The third-order valence-electron chi connectivity index (χ3n) is 7.43. The zero-order chi connectivity index (χ0) is 22.7. The Morgan fingerprint density at radius 1 is 0.909 bits per heavy atom. The molecule has 1 heterocycles. The first-order valence-corrected chi connectivity index (χ1v) is 12.5. The maximum absolute atomic E-state index is 13.4. The van der Waals surface area contributed by atoms with Crippen LogP contribution in [0.3, 0.4) is 0 Å². The summed E-state index contributed by atoms with van der Waals surface area (Å²) in [5, 5.41) is 6.45. The molecule has 8 heteroatoms. The number of hydrogen-bond donors (Lipinski definition) is 2. The Morgan fingerprint density at radius 3 is 2.36 bits per heavy atom. The quantitative estimate of drug-likeness (QED) is 0.379. The highest BCUT2D eigenvalue weighted by molar-refractivity contribution is 6.36. The predicted octanol–water partition coefficient (Wildman–Crippen LogP) is 6.98. The number of carbonyl (C=O) groups is 1. The Hall–Kier alpha value is -2.21. The molecule has 0 radical (unpaired) electrons. The number of anilines is 1. The average Bonchev–Trinajstić information content (AvgIpc) is 3.10. The van der Waals surface area contributed by atoms with Crippen molar-refractivity contribution in [3.8, 4) is 5.69 Å². The van der Waals surface area contributed by atoms with Gasteiger partial charge in [-0.2, -0.15) is 5.10 Å². The lowest BCUT2D eigenvalue weighted by atomic mass is 9.67. The molecular weight excluding hydrogens is 479 g/mol. The van der Waals surface area contributed by atoms with Crippen molar-refractivity contribution < 1.29 is 4.79 Å². The SMILES string of the molecule is O=C(NNc1ccc(Cl)cc1Cl)c1nn(-c2ccccc2Cl)c2c1C1CC3CC(C1)CC2C3. The summed E-state index contributed by atoms with van der Waals surface area (Å²) in [4.78, 5) is 13.4. The van der Waals surface area contributed by atoms with Gasteiger partial charge in [-0.05, 0) is 80.2 Å². The number of para-hydroxylation sites is 1. The first kappa shape index (κ1) is 21.3. The largest absolute Gasteiger partial charge is 0.297 e. The van der Waals surface area contributed by atoms with Crippen LogP contribution in [0, 0.1) is 11.8 Å². The number of hydrazine groups is 1. The van der Waals surface area contributed by atoms with Crippen LogP contribution >= 0.6 is 34.8 Å². The van der Waals surface area contributed by atoms with Gasteiger partial charge in [-0.1, -0.05) is 46.9 Å². The lowest BCUT2D eigenvalue weighted by molar-refractivity contribution is 0.0954. The van der Waals surface area contributed by atoms with E-state index in [9.17, 15) is 4.79 Å². The topological polar surface area (TPSA) is 59.0 Å². The molecule has 3 aromatic rings. The van der Waals surface area contributed by atoms with Crippen molar-refractivity contribution in [2.24, 2.45) is 11.8 Å². The highest BCUT2D eigenvalue weighted by Crippen LogP contribution is 2.57. The lowest BCUT2D eigenvalue weighted by Crippen LogP contribution is -2.31. The van der Waals surface area contributed by atoms with Gasteiger partial charge in [0.05, 0.1) is 27.1 Å². The van der Waals surface area contributed by atoms with Crippen molar-refractivity contribution in [2.45, 2.75) is 43.9 Å². The molecule has 170 valence electrons. The van der Waals surface area contributed by atoms with Gasteiger partial charge < -0.3 is 0 Å². The smallest absolute Gasteiger partial charge is 0.290 e. The molecular formula is C25H23Cl3N4O. The van der Waals surface area contributed by atoms with Crippen molar-refractivity contribution in [2.75, 3.05) is 5.43 Å². The van der Waals surface area contributed by atoms with E-state index in [0.717, 1.165) is 48.8 Å². The zero-order valence-electron chi connectivity index (χ0n) is 17.8. The number of benzene rings is 2. The van der Waals surface area contributed by atoms with Crippen molar-refractivity contribution in [3.05, 3.63) is 74.5 Å². The maximum Gasteiger partial charge on any atom is 0.290 e. The van der Waals surface area contributed by atoms with E-state index < -0.39 is 0 Å². The van der Waals surface area contributed by atoms with Crippen LogP contribution < -0.4 is 10.9 Å². The van der Waals surface area contributed by atoms with Crippen LogP contribution in [0.2, 0.25) is 15.1 Å². The van der Waals surface area contributed by atoms with Gasteiger partial charge in [0.1, 0.15) is 0 Å². The summed E-state index contributed by atoms with van der Waals surface area (Å²) in [5.41, 5.74) is 9.88. The zero-order valence-corrected chi connectivity index (χ0v) is 20.1. The minimum absolute atomic E-state index is 0.274. The van der Waals surface area contributed by atoms with E-state index in [2.05, 4.69) is 10.9 Å². The summed E-state index contributed by atoms with van der Waals surface area (Å²) in [5.74, 6) is 1.93. The van der Waals surface area contributed by atoms with Crippen molar-refractivity contribution in [1.29, 1.82) is 0 Å². The molecule has 2 saturated carbocycles. The fraction of sp³-hybridized carbons (Fsp3) is 0.360. The van der Waals surface area contributed by atoms with Gasteiger partial charge in [0.2, 0.25) is 0 Å². The fourth-order valence-corrected chi connectivity index (χ4v) is 6.97. The number of amides is 1. The van der Waals surface area contributed by atoms with E-state index in [0.29, 0.717) is 38.3 Å². The fourth-order valence-electron chi connectivity index (χ4n) is 6.30. The van der Waals surface area contributed by atoms with E-state index >= 15 is 0 Å². The van der Waals surface area contributed by atoms with Gasteiger partial charge in [-0.25, -0.2) is 4.68 Å². The standard InChI is InChI=1S/C25H23Cl3N4O/c26-17-5-6-20(19(28)12-17)29-30-25(33)23-22-15-8-13-7-14(9-15)11-16(10-13)24(22)32(31-23)21-4-2-1-3-18(21)27/h1-6,12-16,29H,7-11H2,(H,30,33). The first-order chi connectivity index (χ1) is 16.0. The van der Waals surface area contributed by atoms with Crippen LogP contribution in [0.1, 0.15) is 65.7 Å². The Labute approximate surface area is 207 Å². The van der Waals surface area contributed by atoms with E-state index in [1.165, 1.54) is 12.1 Å². The molecule has 5 nitrogen and oxygen atoms in total. The van der Waals surface area contributed by atoms with Crippen LogP contribution in [0.5, 0.6) is 0 Å². The first-order valence-electron chi connectivity index (χ1n) is 11.4. The molecule has 4 aliphatic rings. The molecule has 0 aliphatic heterocycles. The van der Waals surface area contributed by atoms with Gasteiger partial charge in [-0.3, -0.25) is 15.6 Å². The van der Waals surface area contributed by atoms with Gasteiger partial charge >= 0.3 is 0 Å². The molecule has 2 N–H and O–H groups in total. The van der Waals surface area contributed by atoms with Crippen LogP contribution in [-0.4, -0.2) is 15.7 Å². The molecule has 4 aliphatic carbocycles. The summed E-state index contributed by atoms with van der Waals surface area (Å²) in [6, 6.07) is 12.8. The molecule has 1 amide bonds. The Kier molecular flexibility index (Phi) is 5.32. The Bertz CT molecular complexity index is 1240. The molecule has 7 rings (SSSR count). The number of hydrogen-bond acceptors (Lipinski definition) is 3.